The minimum absolute atomic E-state index is 0.0404. The van der Waals surface area contributed by atoms with Crippen molar-refractivity contribution >= 4 is 11.5 Å². The number of hydrogen-bond acceptors (Lipinski definition) is 5. The van der Waals surface area contributed by atoms with Crippen molar-refractivity contribution in [1.82, 2.24) is 15.0 Å². The van der Waals surface area contributed by atoms with Crippen molar-refractivity contribution in [3.05, 3.63) is 46.0 Å². The van der Waals surface area contributed by atoms with E-state index in [1.54, 1.807) is 0 Å². The van der Waals surface area contributed by atoms with E-state index < -0.39 is 0 Å². The summed E-state index contributed by atoms with van der Waals surface area (Å²) in [6.07, 6.45) is 0. The third kappa shape index (κ3) is 3.00. The summed E-state index contributed by atoms with van der Waals surface area (Å²) in [7, 11) is 0. The van der Waals surface area contributed by atoms with Gasteiger partial charge in [0.25, 0.3) is 0 Å². The van der Waals surface area contributed by atoms with Gasteiger partial charge in [-0.3, -0.25) is 5.84 Å². The first-order valence-corrected chi connectivity index (χ1v) is 7.06. The Morgan fingerprint density at radius 3 is 2.63 bits per heavy atom. The molecule has 0 saturated carbocycles. The SMILES string of the molecule is Cc1cccc(C(NN)c2snnc2C(C)(C)C)c1. The van der Waals surface area contributed by atoms with Gasteiger partial charge in [-0.1, -0.05) is 55.1 Å². The zero-order valence-electron chi connectivity index (χ0n) is 11.8. The Morgan fingerprint density at radius 2 is 2.05 bits per heavy atom. The standard InChI is InChI=1S/C14H20N4S/c1-9-6-5-7-10(8-9)11(16-15)12-13(14(2,3)4)17-18-19-12/h5-8,11,16H,15H2,1-4H3. The second kappa shape index (κ2) is 5.36. The van der Waals surface area contributed by atoms with Gasteiger partial charge < -0.3 is 0 Å². The summed E-state index contributed by atoms with van der Waals surface area (Å²) in [4.78, 5) is 1.08. The molecule has 1 atom stereocenters. The maximum Gasteiger partial charge on any atom is 0.0861 e. The average molecular weight is 276 g/mol. The normalized spacial score (nSPS) is 13.5. The Balaban J connectivity index is 2.46. The van der Waals surface area contributed by atoms with Gasteiger partial charge in [0, 0.05) is 5.41 Å². The molecule has 19 heavy (non-hydrogen) atoms. The fourth-order valence-corrected chi connectivity index (χ4v) is 3.03. The highest BCUT2D eigenvalue weighted by atomic mass is 32.1. The molecule has 0 spiro atoms. The van der Waals surface area contributed by atoms with Gasteiger partial charge in [-0.15, -0.1) is 5.10 Å². The van der Waals surface area contributed by atoms with Crippen molar-refractivity contribution in [3.8, 4) is 0 Å². The van der Waals surface area contributed by atoms with Gasteiger partial charge >= 0.3 is 0 Å². The predicted molar refractivity (Wildman–Crippen MR) is 79.0 cm³/mol. The first-order valence-electron chi connectivity index (χ1n) is 6.29. The molecule has 4 nitrogen and oxygen atoms in total. The van der Waals surface area contributed by atoms with E-state index in [4.69, 9.17) is 5.84 Å². The maximum absolute atomic E-state index is 5.76. The molecule has 0 amide bonds. The fourth-order valence-electron chi connectivity index (χ4n) is 2.08. The van der Waals surface area contributed by atoms with Crippen molar-refractivity contribution in [2.24, 2.45) is 5.84 Å². The molecule has 2 rings (SSSR count). The van der Waals surface area contributed by atoms with E-state index in [1.165, 1.54) is 17.1 Å². The lowest BCUT2D eigenvalue weighted by Crippen LogP contribution is -2.30. The Hall–Kier alpha value is -1.30. The quantitative estimate of drug-likeness (QED) is 0.668. The third-order valence-electron chi connectivity index (χ3n) is 3.03. The van der Waals surface area contributed by atoms with Crippen LogP contribution in [0.2, 0.25) is 0 Å². The van der Waals surface area contributed by atoms with Crippen LogP contribution in [-0.4, -0.2) is 9.59 Å². The first kappa shape index (κ1) is 14.1. The van der Waals surface area contributed by atoms with Crippen LogP contribution in [0.5, 0.6) is 0 Å². The van der Waals surface area contributed by atoms with Gasteiger partial charge in [-0.2, -0.15) is 0 Å². The van der Waals surface area contributed by atoms with Gasteiger partial charge in [-0.05, 0) is 24.0 Å². The van der Waals surface area contributed by atoms with Crippen LogP contribution in [0.15, 0.2) is 24.3 Å². The second-order valence-electron chi connectivity index (χ2n) is 5.75. The van der Waals surface area contributed by atoms with Crippen molar-refractivity contribution in [2.45, 2.75) is 39.2 Å². The summed E-state index contributed by atoms with van der Waals surface area (Å²) in [5.74, 6) is 5.76. The summed E-state index contributed by atoms with van der Waals surface area (Å²) in [6.45, 7) is 8.48. The van der Waals surface area contributed by atoms with Crippen LogP contribution in [-0.2, 0) is 5.41 Å². The molecule has 1 aromatic heterocycles. The monoisotopic (exact) mass is 276 g/mol. The summed E-state index contributed by atoms with van der Waals surface area (Å²) in [5.41, 5.74) is 6.21. The summed E-state index contributed by atoms with van der Waals surface area (Å²) in [6, 6.07) is 8.27. The molecule has 102 valence electrons. The van der Waals surface area contributed by atoms with Gasteiger partial charge in [0.2, 0.25) is 0 Å². The molecular weight excluding hydrogens is 256 g/mol. The van der Waals surface area contributed by atoms with Gasteiger partial charge in [-0.25, -0.2) is 5.43 Å². The van der Waals surface area contributed by atoms with E-state index in [0.29, 0.717) is 0 Å². The van der Waals surface area contributed by atoms with E-state index in [-0.39, 0.29) is 11.5 Å². The lowest BCUT2D eigenvalue weighted by molar-refractivity contribution is 0.543. The highest BCUT2D eigenvalue weighted by Gasteiger charge is 2.27. The Morgan fingerprint density at radius 1 is 1.32 bits per heavy atom. The third-order valence-corrected chi connectivity index (χ3v) is 3.82. The summed E-state index contributed by atoms with van der Waals surface area (Å²) >= 11 is 1.41. The number of nitrogens with zero attached hydrogens (tertiary/aromatic N) is 2. The molecular formula is C14H20N4S. The molecule has 0 aliphatic rings. The van der Waals surface area contributed by atoms with Crippen molar-refractivity contribution in [3.63, 3.8) is 0 Å². The number of nitrogens with two attached hydrogens (primary N) is 1. The zero-order valence-corrected chi connectivity index (χ0v) is 12.6. The van der Waals surface area contributed by atoms with Gasteiger partial charge in [0.05, 0.1) is 16.6 Å². The lowest BCUT2D eigenvalue weighted by Gasteiger charge is -2.21. The van der Waals surface area contributed by atoms with E-state index in [0.717, 1.165) is 16.1 Å². The molecule has 2 aromatic rings. The molecule has 1 aromatic carbocycles. The van der Waals surface area contributed by atoms with Crippen molar-refractivity contribution < 1.29 is 0 Å². The van der Waals surface area contributed by atoms with Crippen molar-refractivity contribution in [2.75, 3.05) is 0 Å². The average Bonchev–Trinajstić information content (AvgIpc) is 2.79. The smallest absolute Gasteiger partial charge is 0.0861 e. The number of aryl methyl sites for hydroxylation is 1. The molecule has 0 aliphatic carbocycles. The minimum atomic E-state index is -0.0610. The molecule has 0 fully saturated rings. The van der Waals surface area contributed by atoms with Crippen LogP contribution in [0.25, 0.3) is 0 Å². The van der Waals surface area contributed by atoms with E-state index >= 15 is 0 Å². The Kier molecular flexibility index (Phi) is 3.99. The highest BCUT2D eigenvalue weighted by Crippen LogP contribution is 2.33. The highest BCUT2D eigenvalue weighted by molar-refractivity contribution is 7.05. The summed E-state index contributed by atoms with van der Waals surface area (Å²) < 4.78 is 4.10. The fraction of sp³-hybridized carbons (Fsp3) is 0.429. The van der Waals surface area contributed by atoms with Crippen LogP contribution in [0, 0.1) is 6.92 Å². The van der Waals surface area contributed by atoms with E-state index in [2.05, 4.69) is 60.9 Å². The Bertz CT molecular complexity index is 557. The minimum Gasteiger partial charge on any atom is -0.271 e. The topological polar surface area (TPSA) is 63.8 Å². The number of hydrazine groups is 1. The maximum atomic E-state index is 5.76. The predicted octanol–water partition coefficient (Wildman–Crippen LogP) is 2.70. The molecule has 0 radical (unpaired) electrons. The van der Waals surface area contributed by atoms with Crippen LogP contribution in [0.4, 0.5) is 0 Å². The Labute approximate surface area is 118 Å². The number of benzene rings is 1. The van der Waals surface area contributed by atoms with Crippen LogP contribution in [0.3, 0.4) is 0 Å². The van der Waals surface area contributed by atoms with Crippen LogP contribution in [0.1, 0.15) is 48.5 Å². The molecule has 1 unspecified atom stereocenters. The number of rotatable bonds is 3. The molecule has 3 N–H and O–H groups in total. The van der Waals surface area contributed by atoms with Crippen LogP contribution >= 0.6 is 11.5 Å². The van der Waals surface area contributed by atoms with Gasteiger partial charge in [0.15, 0.2) is 0 Å². The second-order valence-corrected chi connectivity index (χ2v) is 6.54. The molecule has 5 heteroatoms. The van der Waals surface area contributed by atoms with E-state index in [9.17, 15) is 0 Å². The number of aromatic nitrogens is 2. The van der Waals surface area contributed by atoms with Crippen LogP contribution < -0.4 is 11.3 Å². The molecule has 0 aliphatic heterocycles. The van der Waals surface area contributed by atoms with E-state index in [1.807, 2.05) is 6.07 Å². The number of nitrogens with one attached hydrogen (secondary N) is 1. The van der Waals surface area contributed by atoms with Crippen molar-refractivity contribution in [1.29, 1.82) is 0 Å². The summed E-state index contributed by atoms with van der Waals surface area (Å²) in [5, 5.41) is 4.28. The molecule has 1 heterocycles. The van der Waals surface area contributed by atoms with Gasteiger partial charge in [0.1, 0.15) is 0 Å². The lowest BCUT2D eigenvalue weighted by atomic mass is 9.89. The molecule has 0 saturated heterocycles. The molecule has 0 bridgehead atoms. The number of hydrogen-bond donors (Lipinski definition) is 2. The zero-order chi connectivity index (χ0) is 14.0. The first-order chi connectivity index (χ1) is 8.93. The largest absolute Gasteiger partial charge is 0.271 e.